The fraction of sp³-hybridized carbons (Fsp3) is 0.571. The molecule has 1 fully saturated rings. The Balaban J connectivity index is 1.96. The zero-order valence-electron chi connectivity index (χ0n) is 9.43. The summed E-state index contributed by atoms with van der Waals surface area (Å²) in [6.45, 7) is 0. The van der Waals surface area contributed by atoms with Gasteiger partial charge in [0.25, 0.3) is 0 Å². The van der Waals surface area contributed by atoms with Crippen molar-refractivity contribution in [3.05, 3.63) is 29.8 Å². The highest BCUT2D eigenvalue weighted by Gasteiger charge is 2.34. The quantitative estimate of drug-likeness (QED) is 0.739. The number of benzene rings is 1. The van der Waals surface area contributed by atoms with Gasteiger partial charge in [-0.05, 0) is 36.3 Å². The molecular weight excluding hydrogens is 216 g/mol. The highest BCUT2D eigenvalue weighted by Crippen LogP contribution is 2.46. The number of hydrogen-bond donors (Lipinski definition) is 1. The summed E-state index contributed by atoms with van der Waals surface area (Å²) >= 11 is 1.94. The first-order valence-electron chi connectivity index (χ1n) is 6.26. The smallest absolute Gasteiger partial charge is 0.0831 e. The van der Waals surface area contributed by atoms with E-state index >= 15 is 0 Å². The average Bonchev–Trinajstić information content (AvgIpc) is 2.49. The second kappa shape index (κ2) is 4.42. The first-order chi connectivity index (χ1) is 7.86. The minimum Gasteiger partial charge on any atom is -0.388 e. The molecule has 1 heterocycles. The number of hydrogen-bond acceptors (Lipinski definition) is 2. The first kappa shape index (κ1) is 10.7. The average molecular weight is 234 g/mol. The van der Waals surface area contributed by atoms with Gasteiger partial charge in [-0.25, -0.2) is 0 Å². The van der Waals surface area contributed by atoms with Gasteiger partial charge in [-0.3, -0.25) is 0 Å². The van der Waals surface area contributed by atoms with Crippen LogP contribution in [0.25, 0.3) is 0 Å². The van der Waals surface area contributed by atoms with Crippen LogP contribution < -0.4 is 0 Å². The van der Waals surface area contributed by atoms with Gasteiger partial charge in [-0.2, -0.15) is 0 Å². The molecule has 16 heavy (non-hydrogen) atoms. The van der Waals surface area contributed by atoms with Gasteiger partial charge in [0, 0.05) is 10.6 Å². The van der Waals surface area contributed by atoms with Gasteiger partial charge in [-0.15, -0.1) is 11.8 Å². The van der Waals surface area contributed by atoms with Gasteiger partial charge in [0.15, 0.2) is 0 Å². The van der Waals surface area contributed by atoms with Gasteiger partial charge in [0.2, 0.25) is 0 Å². The molecule has 1 saturated carbocycles. The molecule has 0 unspecified atom stereocenters. The fourth-order valence-corrected chi connectivity index (χ4v) is 4.48. The van der Waals surface area contributed by atoms with E-state index in [2.05, 4.69) is 18.2 Å². The normalized spacial score (nSPS) is 33.7. The molecule has 1 aromatic carbocycles. The Morgan fingerprint density at radius 1 is 1.12 bits per heavy atom. The van der Waals surface area contributed by atoms with E-state index in [1.54, 1.807) is 0 Å². The Kier molecular flexibility index (Phi) is 2.95. The summed E-state index contributed by atoms with van der Waals surface area (Å²) in [5, 5.41) is 10.5. The van der Waals surface area contributed by atoms with Gasteiger partial charge < -0.3 is 5.11 Å². The lowest BCUT2D eigenvalue weighted by molar-refractivity contribution is 0.0543. The predicted molar refractivity (Wildman–Crippen MR) is 67.6 cm³/mol. The van der Waals surface area contributed by atoms with Crippen LogP contribution in [0.15, 0.2) is 29.2 Å². The van der Waals surface area contributed by atoms with Crippen LogP contribution in [0, 0.1) is 11.8 Å². The minimum absolute atomic E-state index is 0.225. The first-order valence-corrected chi connectivity index (χ1v) is 7.24. The van der Waals surface area contributed by atoms with Crippen molar-refractivity contribution in [2.75, 3.05) is 5.75 Å². The van der Waals surface area contributed by atoms with E-state index in [4.69, 9.17) is 0 Å². The number of fused-ring (bicyclic) bond motifs is 2. The molecule has 1 aliphatic carbocycles. The molecule has 1 aliphatic heterocycles. The SMILES string of the molecule is O[C@@H]1c2ccccc2SC[C@H]2CCCC[C@H]21. The van der Waals surface area contributed by atoms with Crippen LogP contribution in [0.1, 0.15) is 37.4 Å². The maximum Gasteiger partial charge on any atom is 0.0831 e. The number of thioether (sulfide) groups is 1. The molecule has 3 rings (SSSR count). The molecular formula is C14H18OS. The standard InChI is InChI=1S/C14H18OS/c15-14-11-6-2-1-5-10(11)9-16-13-8-4-3-7-12(13)14/h3-4,7-8,10-11,14-15H,1-2,5-6,9H2/t10-,11-,14+/m1/s1. The molecule has 1 N–H and O–H groups in total. The zero-order valence-corrected chi connectivity index (χ0v) is 10.2. The molecule has 0 spiro atoms. The van der Waals surface area contributed by atoms with E-state index < -0.39 is 0 Å². The van der Waals surface area contributed by atoms with E-state index in [-0.39, 0.29) is 6.10 Å². The summed E-state index contributed by atoms with van der Waals surface area (Å²) in [4.78, 5) is 1.30. The van der Waals surface area contributed by atoms with E-state index in [0.717, 1.165) is 5.92 Å². The number of aliphatic hydroxyl groups is 1. The molecule has 0 saturated heterocycles. The Morgan fingerprint density at radius 3 is 2.88 bits per heavy atom. The number of rotatable bonds is 0. The Morgan fingerprint density at radius 2 is 1.94 bits per heavy atom. The second-order valence-electron chi connectivity index (χ2n) is 5.00. The van der Waals surface area contributed by atoms with Crippen LogP contribution in [-0.4, -0.2) is 10.9 Å². The lowest BCUT2D eigenvalue weighted by atomic mass is 9.75. The van der Waals surface area contributed by atoms with E-state index in [9.17, 15) is 5.11 Å². The van der Waals surface area contributed by atoms with E-state index in [1.807, 2.05) is 17.8 Å². The number of aliphatic hydroxyl groups excluding tert-OH is 1. The van der Waals surface area contributed by atoms with Crippen molar-refractivity contribution in [1.82, 2.24) is 0 Å². The molecule has 86 valence electrons. The van der Waals surface area contributed by atoms with Crippen molar-refractivity contribution < 1.29 is 5.11 Å². The van der Waals surface area contributed by atoms with Crippen molar-refractivity contribution in [2.45, 2.75) is 36.7 Å². The molecule has 2 heteroatoms. The summed E-state index contributed by atoms with van der Waals surface area (Å²) < 4.78 is 0. The van der Waals surface area contributed by atoms with E-state index in [1.165, 1.54) is 41.9 Å². The third-order valence-electron chi connectivity index (χ3n) is 4.06. The molecule has 2 aliphatic rings. The molecule has 0 aromatic heterocycles. The Bertz CT molecular complexity index is 377. The maximum atomic E-state index is 10.5. The third-order valence-corrected chi connectivity index (χ3v) is 5.34. The van der Waals surface area contributed by atoms with Crippen molar-refractivity contribution in [1.29, 1.82) is 0 Å². The Hall–Kier alpha value is -0.470. The lowest BCUT2D eigenvalue weighted by Gasteiger charge is -2.32. The molecule has 0 amide bonds. The van der Waals surface area contributed by atoms with Gasteiger partial charge >= 0.3 is 0 Å². The largest absolute Gasteiger partial charge is 0.388 e. The predicted octanol–water partition coefficient (Wildman–Crippen LogP) is 3.63. The molecule has 0 bridgehead atoms. The van der Waals surface area contributed by atoms with Crippen LogP contribution in [0.2, 0.25) is 0 Å². The highest BCUT2D eigenvalue weighted by atomic mass is 32.2. The van der Waals surface area contributed by atoms with Crippen molar-refractivity contribution in [2.24, 2.45) is 11.8 Å². The van der Waals surface area contributed by atoms with Crippen molar-refractivity contribution in [3.8, 4) is 0 Å². The van der Waals surface area contributed by atoms with Crippen LogP contribution in [-0.2, 0) is 0 Å². The molecule has 0 radical (unpaired) electrons. The van der Waals surface area contributed by atoms with Gasteiger partial charge in [-0.1, -0.05) is 31.0 Å². The van der Waals surface area contributed by atoms with Crippen molar-refractivity contribution in [3.63, 3.8) is 0 Å². The summed E-state index contributed by atoms with van der Waals surface area (Å²) in [5.41, 5.74) is 1.17. The van der Waals surface area contributed by atoms with Crippen LogP contribution in [0.3, 0.4) is 0 Å². The summed E-state index contributed by atoms with van der Waals surface area (Å²) in [6, 6.07) is 8.38. The van der Waals surface area contributed by atoms with Crippen LogP contribution in [0.5, 0.6) is 0 Å². The minimum atomic E-state index is -0.225. The topological polar surface area (TPSA) is 20.2 Å². The molecule has 3 atom stereocenters. The third kappa shape index (κ3) is 1.78. The van der Waals surface area contributed by atoms with E-state index in [0.29, 0.717) is 5.92 Å². The zero-order chi connectivity index (χ0) is 11.0. The maximum absolute atomic E-state index is 10.5. The lowest BCUT2D eigenvalue weighted by Crippen LogP contribution is -2.25. The van der Waals surface area contributed by atoms with Crippen LogP contribution in [0.4, 0.5) is 0 Å². The second-order valence-corrected chi connectivity index (χ2v) is 6.06. The van der Waals surface area contributed by atoms with Crippen LogP contribution >= 0.6 is 11.8 Å². The monoisotopic (exact) mass is 234 g/mol. The molecule has 1 aromatic rings. The van der Waals surface area contributed by atoms with Gasteiger partial charge in [0.1, 0.15) is 0 Å². The van der Waals surface area contributed by atoms with Crippen molar-refractivity contribution >= 4 is 11.8 Å². The molecule has 1 nitrogen and oxygen atoms in total. The summed E-state index contributed by atoms with van der Waals surface area (Å²) in [6.07, 6.45) is 4.94. The fourth-order valence-electron chi connectivity index (χ4n) is 3.14. The summed E-state index contributed by atoms with van der Waals surface area (Å²) in [5.74, 6) is 2.42. The summed E-state index contributed by atoms with van der Waals surface area (Å²) in [7, 11) is 0. The highest BCUT2D eigenvalue weighted by molar-refractivity contribution is 7.99. The van der Waals surface area contributed by atoms with Gasteiger partial charge in [0.05, 0.1) is 6.10 Å². The Labute approximate surface area is 101 Å².